The van der Waals surface area contributed by atoms with Gasteiger partial charge in [0.2, 0.25) is 5.91 Å². The molecule has 2 aliphatic rings. The zero-order valence-corrected chi connectivity index (χ0v) is 26.5. The Balaban J connectivity index is 1.43. The van der Waals surface area contributed by atoms with Gasteiger partial charge in [0.15, 0.2) is 9.84 Å². The average molecular weight is 612 g/mol. The van der Waals surface area contributed by atoms with Gasteiger partial charge in [-0.3, -0.25) is 4.79 Å². The lowest BCUT2D eigenvalue weighted by Gasteiger charge is -2.46. The number of aromatic nitrogens is 2. The summed E-state index contributed by atoms with van der Waals surface area (Å²) >= 11 is 6.32. The fraction of sp³-hybridized carbons (Fsp3) is 0.531. The predicted octanol–water partition coefficient (Wildman–Crippen LogP) is 5.82. The number of amides is 1. The van der Waals surface area contributed by atoms with Crippen LogP contribution in [0.15, 0.2) is 53.4 Å². The lowest BCUT2D eigenvalue weighted by molar-refractivity contribution is -0.134. The molecule has 2 fully saturated rings. The Kier molecular flexibility index (Phi) is 9.11. The number of hydrogen-bond acceptors (Lipinski definition) is 7. The minimum Gasteiger partial charge on any atom is -0.358 e. The molecular formula is C32H42ClN5O3S. The van der Waals surface area contributed by atoms with E-state index in [9.17, 15) is 13.2 Å². The van der Waals surface area contributed by atoms with Crippen LogP contribution in [-0.2, 0) is 14.6 Å². The highest BCUT2D eigenvalue weighted by molar-refractivity contribution is 7.91. The number of sulfone groups is 1. The van der Waals surface area contributed by atoms with Gasteiger partial charge < -0.3 is 15.5 Å². The Morgan fingerprint density at radius 1 is 1.02 bits per heavy atom. The van der Waals surface area contributed by atoms with Gasteiger partial charge in [-0.15, -0.1) is 0 Å². The Morgan fingerprint density at radius 2 is 1.74 bits per heavy atom. The number of carbonyl (C=O) groups is 1. The molecule has 1 aliphatic carbocycles. The number of nitrogens with zero attached hydrogens (tertiary/aromatic N) is 3. The van der Waals surface area contributed by atoms with Crippen LogP contribution >= 0.6 is 11.6 Å². The van der Waals surface area contributed by atoms with Crippen molar-refractivity contribution in [2.24, 2.45) is 5.92 Å². The molecule has 1 aromatic heterocycles. The summed E-state index contributed by atoms with van der Waals surface area (Å²) in [4.78, 5) is 25.8. The summed E-state index contributed by atoms with van der Waals surface area (Å²) in [5.41, 5.74) is -0.00114. The van der Waals surface area contributed by atoms with Crippen LogP contribution in [-0.4, -0.2) is 65.7 Å². The van der Waals surface area contributed by atoms with E-state index in [1.54, 1.807) is 30.3 Å². The SMILES string of the molecule is CC(C)CNC1CCC(CS(=O)(=O)c2ccccc2)(N2CC[C@H](Nc3nc(C(C)C)nc4ccc(Cl)cc34)C2=O)CC1. The van der Waals surface area contributed by atoms with E-state index in [2.05, 4.69) is 24.5 Å². The number of nitrogens with one attached hydrogen (secondary N) is 2. The van der Waals surface area contributed by atoms with E-state index in [4.69, 9.17) is 21.6 Å². The highest BCUT2D eigenvalue weighted by atomic mass is 35.5. The highest BCUT2D eigenvalue weighted by Gasteiger charge is 2.49. The molecule has 1 atom stereocenters. The zero-order chi connectivity index (χ0) is 30.1. The van der Waals surface area contributed by atoms with Crippen LogP contribution in [0.4, 0.5) is 5.82 Å². The molecule has 1 saturated heterocycles. The quantitative estimate of drug-likeness (QED) is 0.298. The first-order valence-electron chi connectivity index (χ1n) is 15.0. The predicted molar refractivity (Wildman–Crippen MR) is 169 cm³/mol. The first-order chi connectivity index (χ1) is 20.0. The number of likely N-dealkylation sites (tertiary alicyclic amines) is 1. The van der Waals surface area contributed by atoms with Gasteiger partial charge >= 0.3 is 0 Å². The van der Waals surface area contributed by atoms with Crippen molar-refractivity contribution in [2.45, 2.75) is 88.2 Å². The van der Waals surface area contributed by atoms with E-state index < -0.39 is 21.4 Å². The molecule has 0 bridgehead atoms. The van der Waals surface area contributed by atoms with Crippen LogP contribution in [0.2, 0.25) is 5.02 Å². The molecule has 10 heteroatoms. The molecule has 0 radical (unpaired) electrons. The summed E-state index contributed by atoms with van der Waals surface area (Å²) < 4.78 is 27.4. The molecule has 226 valence electrons. The molecule has 2 aromatic carbocycles. The Morgan fingerprint density at radius 3 is 2.40 bits per heavy atom. The summed E-state index contributed by atoms with van der Waals surface area (Å²) in [7, 11) is -3.62. The first kappa shape index (κ1) is 30.7. The van der Waals surface area contributed by atoms with Crippen LogP contribution in [0, 0.1) is 5.92 Å². The van der Waals surface area contributed by atoms with E-state index in [0.29, 0.717) is 59.3 Å². The van der Waals surface area contributed by atoms with E-state index in [0.717, 1.165) is 30.3 Å². The standard InChI is InChI=1S/C32H42ClN5O3S/c1-21(2)19-34-24-12-15-32(16-13-24,20-42(40,41)25-8-6-5-7-9-25)38-17-14-28(31(38)39)36-30-26-18-23(33)10-11-27(26)35-29(37-30)22(3)4/h5-11,18,21-22,24,28,34H,12-17,19-20H2,1-4H3,(H,35,36,37)/t24?,28-,32?/m0/s1. The average Bonchev–Trinajstić information content (AvgIpc) is 3.33. The Bertz CT molecular complexity index is 1520. The molecule has 8 nitrogen and oxygen atoms in total. The van der Waals surface area contributed by atoms with Crippen molar-refractivity contribution in [1.82, 2.24) is 20.2 Å². The van der Waals surface area contributed by atoms with Crippen molar-refractivity contribution in [2.75, 3.05) is 24.2 Å². The van der Waals surface area contributed by atoms with Crippen molar-refractivity contribution in [3.63, 3.8) is 0 Å². The third-order valence-corrected chi connectivity index (χ3v) is 10.7. The lowest BCUT2D eigenvalue weighted by atomic mass is 9.79. The van der Waals surface area contributed by atoms with Crippen LogP contribution in [0.5, 0.6) is 0 Å². The van der Waals surface area contributed by atoms with Crippen molar-refractivity contribution in [1.29, 1.82) is 0 Å². The molecule has 1 aliphatic heterocycles. The van der Waals surface area contributed by atoms with Gasteiger partial charge in [0, 0.05) is 28.9 Å². The van der Waals surface area contributed by atoms with Crippen molar-refractivity contribution < 1.29 is 13.2 Å². The van der Waals surface area contributed by atoms with Crippen LogP contribution in [0.25, 0.3) is 10.9 Å². The third kappa shape index (κ3) is 6.58. The molecule has 2 heterocycles. The largest absolute Gasteiger partial charge is 0.358 e. The van der Waals surface area contributed by atoms with E-state index >= 15 is 0 Å². The number of hydrogen-bond donors (Lipinski definition) is 2. The fourth-order valence-corrected chi connectivity index (χ4v) is 8.32. The van der Waals surface area contributed by atoms with Gasteiger partial charge in [-0.1, -0.05) is 57.5 Å². The smallest absolute Gasteiger partial charge is 0.245 e. The summed E-state index contributed by atoms with van der Waals surface area (Å²) in [5.74, 6) is 1.75. The van der Waals surface area contributed by atoms with Crippen molar-refractivity contribution in [3.05, 3.63) is 59.4 Å². The zero-order valence-electron chi connectivity index (χ0n) is 24.9. The summed E-state index contributed by atoms with van der Waals surface area (Å²) in [6.45, 7) is 9.85. The molecule has 2 N–H and O–H groups in total. The molecular weight excluding hydrogens is 570 g/mol. The summed E-state index contributed by atoms with van der Waals surface area (Å²) in [6, 6.07) is 13.9. The Labute approximate surface area is 254 Å². The van der Waals surface area contributed by atoms with Gasteiger partial charge in [-0.05, 0) is 74.9 Å². The molecule has 1 amide bonds. The minimum atomic E-state index is -3.62. The summed E-state index contributed by atoms with van der Waals surface area (Å²) in [5, 5.41) is 8.39. The van der Waals surface area contributed by atoms with Crippen molar-refractivity contribution in [3.8, 4) is 0 Å². The minimum absolute atomic E-state index is 0.0771. The van der Waals surface area contributed by atoms with Gasteiger partial charge in [-0.25, -0.2) is 18.4 Å². The van der Waals surface area contributed by atoms with E-state index in [-0.39, 0.29) is 17.6 Å². The first-order valence-corrected chi connectivity index (χ1v) is 17.1. The molecule has 42 heavy (non-hydrogen) atoms. The number of anilines is 1. The van der Waals surface area contributed by atoms with E-state index in [1.807, 2.05) is 36.9 Å². The van der Waals surface area contributed by atoms with Gasteiger partial charge in [0.1, 0.15) is 17.7 Å². The molecule has 5 rings (SSSR count). The maximum atomic E-state index is 14.1. The van der Waals surface area contributed by atoms with E-state index in [1.165, 1.54) is 0 Å². The second kappa shape index (κ2) is 12.5. The fourth-order valence-electron chi connectivity index (χ4n) is 6.26. The second-order valence-electron chi connectivity index (χ2n) is 12.6. The molecule has 0 spiro atoms. The Hall–Kier alpha value is -2.75. The monoisotopic (exact) mass is 611 g/mol. The molecule has 0 unspecified atom stereocenters. The second-order valence-corrected chi connectivity index (χ2v) is 15.0. The topological polar surface area (TPSA) is 104 Å². The van der Waals surface area contributed by atoms with Gasteiger partial charge in [0.25, 0.3) is 0 Å². The van der Waals surface area contributed by atoms with Crippen LogP contribution in [0.3, 0.4) is 0 Å². The highest BCUT2D eigenvalue weighted by Crippen LogP contribution is 2.40. The molecule has 3 aromatic rings. The third-order valence-electron chi connectivity index (χ3n) is 8.57. The van der Waals surface area contributed by atoms with Crippen LogP contribution in [0.1, 0.15) is 71.5 Å². The number of halogens is 1. The van der Waals surface area contributed by atoms with Crippen molar-refractivity contribution >= 4 is 44.1 Å². The van der Waals surface area contributed by atoms with Gasteiger partial charge in [-0.2, -0.15) is 0 Å². The number of carbonyl (C=O) groups excluding carboxylic acids is 1. The number of fused-ring (bicyclic) bond motifs is 1. The summed E-state index contributed by atoms with van der Waals surface area (Å²) in [6.07, 6.45) is 3.48. The number of rotatable bonds is 10. The maximum absolute atomic E-state index is 14.1. The molecule has 1 saturated carbocycles. The van der Waals surface area contributed by atoms with Gasteiger partial charge in [0.05, 0.1) is 21.7 Å². The lowest BCUT2D eigenvalue weighted by Crippen LogP contribution is -2.58. The maximum Gasteiger partial charge on any atom is 0.245 e. The number of benzene rings is 2. The van der Waals surface area contributed by atoms with Crippen LogP contribution < -0.4 is 10.6 Å². The normalized spacial score (nSPS) is 23.3.